The molecule has 2 aliphatic rings. The van der Waals surface area contributed by atoms with Crippen LogP contribution in [0, 0.1) is 5.41 Å². The van der Waals surface area contributed by atoms with Gasteiger partial charge in [0.15, 0.2) is 0 Å². The van der Waals surface area contributed by atoms with Gasteiger partial charge in [0.05, 0.1) is 11.9 Å². The Morgan fingerprint density at radius 1 is 1.25 bits per heavy atom. The van der Waals surface area contributed by atoms with E-state index in [1.165, 1.54) is 0 Å². The Morgan fingerprint density at radius 2 is 2.12 bits per heavy atom. The zero-order valence-corrected chi connectivity index (χ0v) is 13.7. The van der Waals surface area contributed by atoms with E-state index in [1.54, 1.807) is 12.4 Å². The molecule has 0 saturated carbocycles. The third kappa shape index (κ3) is 2.38. The van der Waals surface area contributed by atoms with E-state index in [2.05, 4.69) is 4.98 Å². The molecule has 1 unspecified atom stereocenters. The maximum absolute atomic E-state index is 12.7. The summed E-state index contributed by atoms with van der Waals surface area (Å²) in [5, 5.41) is 0. The first kappa shape index (κ1) is 14.9. The summed E-state index contributed by atoms with van der Waals surface area (Å²) in [4.78, 5) is 33.0. The average Bonchev–Trinajstić information content (AvgIpc) is 3.28. The third-order valence-corrected chi connectivity index (χ3v) is 5.17. The quantitative estimate of drug-likeness (QED) is 0.845. The van der Waals surface area contributed by atoms with E-state index >= 15 is 0 Å². The molecular formula is C18H20N4O2. The molecule has 24 heavy (non-hydrogen) atoms. The lowest BCUT2D eigenvalue weighted by atomic mass is 9.86. The molecule has 6 nitrogen and oxygen atoms in total. The molecule has 4 rings (SSSR count). The van der Waals surface area contributed by atoms with Gasteiger partial charge >= 0.3 is 0 Å². The molecule has 2 aromatic heterocycles. The Bertz CT molecular complexity index is 785. The van der Waals surface area contributed by atoms with Crippen molar-refractivity contribution in [1.29, 1.82) is 0 Å². The lowest BCUT2D eigenvalue weighted by Crippen LogP contribution is -2.34. The Hall–Kier alpha value is -2.63. The molecule has 2 fully saturated rings. The smallest absolute Gasteiger partial charge is 0.270 e. The average molecular weight is 324 g/mol. The molecule has 2 amide bonds. The van der Waals surface area contributed by atoms with Gasteiger partial charge in [-0.1, -0.05) is 0 Å². The third-order valence-electron chi connectivity index (χ3n) is 5.17. The zero-order valence-electron chi connectivity index (χ0n) is 13.7. The van der Waals surface area contributed by atoms with Gasteiger partial charge in [-0.05, 0) is 30.7 Å². The predicted octanol–water partition coefficient (Wildman–Crippen LogP) is 1.69. The normalized spacial score (nSPS) is 23.5. The second-order valence-electron chi connectivity index (χ2n) is 6.85. The van der Waals surface area contributed by atoms with Crippen molar-refractivity contribution in [2.45, 2.75) is 12.8 Å². The minimum Gasteiger partial charge on any atom is -0.347 e. The van der Waals surface area contributed by atoms with E-state index in [-0.39, 0.29) is 17.2 Å². The van der Waals surface area contributed by atoms with Gasteiger partial charge in [-0.25, -0.2) is 0 Å². The van der Waals surface area contributed by atoms with Crippen LogP contribution in [0.25, 0.3) is 0 Å². The van der Waals surface area contributed by atoms with Gasteiger partial charge in [0.2, 0.25) is 5.91 Å². The highest BCUT2D eigenvalue weighted by Crippen LogP contribution is 2.42. The van der Waals surface area contributed by atoms with Crippen LogP contribution in [0.1, 0.15) is 23.3 Å². The van der Waals surface area contributed by atoms with Crippen molar-refractivity contribution in [1.82, 2.24) is 14.5 Å². The minimum atomic E-state index is -0.131. The zero-order chi connectivity index (χ0) is 16.7. The molecule has 124 valence electrons. The van der Waals surface area contributed by atoms with Gasteiger partial charge in [-0.3, -0.25) is 14.6 Å². The number of aromatic nitrogens is 2. The van der Waals surface area contributed by atoms with Gasteiger partial charge in [0.25, 0.3) is 5.91 Å². The second-order valence-corrected chi connectivity index (χ2v) is 6.85. The number of amides is 2. The van der Waals surface area contributed by atoms with Crippen LogP contribution in [0.15, 0.2) is 42.9 Å². The van der Waals surface area contributed by atoms with Crippen molar-refractivity contribution in [3.63, 3.8) is 0 Å². The number of carbonyl (C=O) groups excluding carboxylic acids is 2. The summed E-state index contributed by atoms with van der Waals surface area (Å²) in [6.07, 6.45) is 6.67. The lowest BCUT2D eigenvalue weighted by Gasteiger charge is -2.24. The van der Waals surface area contributed by atoms with Crippen molar-refractivity contribution in [2.75, 3.05) is 24.5 Å². The van der Waals surface area contributed by atoms with E-state index in [1.807, 2.05) is 51.9 Å². The maximum atomic E-state index is 12.7. The number of anilines is 1. The van der Waals surface area contributed by atoms with Crippen LogP contribution in [-0.2, 0) is 11.8 Å². The highest BCUT2D eigenvalue weighted by Gasteiger charge is 2.49. The molecule has 1 spiro atoms. The Balaban J connectivity index is 1.51. The molecule has 2 saturated heterocycles. The number of nitrogens with zero attached hydrogens (tertiary/aromatic N) is 4. The predicted molar refractivity (Wildman–Crippen MR) is 89.6 cm³/mol. The molecular weight excluding hydrogens is 304 g/mol. The number of hydrogen-bond donors (Lipinski definition) is 0. The van der Waals surface area contributed by atoms with Crippen LogP contribution in [0.5, 0.6) is 0 Å². The summed E-state index contributed by atoms with van der Waals surface area (Å²) in [5.74, 6) is 0.169. The number of hydrogen-bond acceptors (Lipinski definition) is 3. The lowest BCUT2D eigenvalue weighted by molar-refractivity contribution is -0.117. The van der Waals surface area contributed by atoms with Gasteiger partial charge in [-0.15, -0.1) is 0 Å². The van der Waals surface area contributed by atoms with Crippen LogP contribution in [0.4, 0.5) is 5.69 Å². The summed E-state index contributed by atoms with van der Waals surface area (Å²) in [5.41, 5.74) is 1.40. The van der Waals surface area contributed by atoms with Crippen molar-refractivity contribution in [3.8, 4) is 0 Å². The molecule has 6 heteroatoms. The number of aryl methyl sites for hydroxylation is 1. The molecule has 0 aromatic carbocycles. The number of likely N-dealkylation sites (tertiary alicyclic amines) is 1. The van der Waals surface area contributed by atoms with Crippen molar-refractivity contribution < 1.29 is 9.59 Å². The van der Waals surface area contributed by atoms with Crippen LogP contribution >= 0.6 is 0 Å². The van der Waals surface area contributed by atoms with Gasteiger partial charge < -0.3 is 14.4 Å². The van der Waals surface area contributed by atoms with E-state index in [0.29, 0.717) is 31.7 Å². The Kier molecular flexibility index (Phi) is 3.40. The standard InChI is InChI=1S/C18H20N4O2/c1-20-8-3-5-15(20)17(24)21-9-6-18(12-21)10-16(23)22(13-18)14-4-2-7-19-11-14/h2-5,7-8,11H,6,9-10,12-13H2,1H3. The van der Waals surface area contributed by atoms with E-state index in [9.17, 15) is 9.59 Å². The van der Waals surface area contributed by atoms with Crippen molar-refractivity contribution in [2.24, 2.45) is 12.5 Å². The maximum Gasteiger partial charge on any atom is 0.270 e. The first-order valence-corrected chi connectivity index (χ1v) is 8.19. The second kappa shape index (κ2) is 5.47. The molecule has 2 aromatic rings. The first-order chi connectivity index (χ1) is 11.6. The van der Waals surface area contributed by atoms with Crippen LogP contribution < -0.4 is 4.90 Å². The highest BCUT2D eigenvalue weighted by molar-refractivity contribution is 5.97. The monoisotopic (exact) mass is 324 g/mol. The fourth-order valence-corrected chi connectivity index (χ4v) is 3.87. The number of carbonyl (C=O) groups is 2. The summed E-state index contributed by atoms with van der Waals surface area (Å²) in [6, 6.07) is 7.47. The fraction of sp³-hybridized carbons (Fsp3) is 0.389. The van der Waals surface area contributed by atoms with Gasteiger partial charge in [-0.2, -0.15) is 0 Å². The highest BCUT2D eigenvalue weighted by atomic mass is 16.2. The molecule has 0 radical (unpaired) electrons. The molecule has 0 bridgehead atoms. The minimum absolute atomic E-state index is 0.0478. The van der Waals surface area contributed by atoms with E-state index < -0.39 is 0 Å². The number of rotatable bonds is 2. The largest absolute Gasteiger partial charge is 0.347 e. The molecule has 0 N–H and O–H groups in total. The molecule has 4 heterocycles. The molecule has 0 aliphatic carbocycles. The SMILES string of the molecule is Cn1cccc1C(=O)N1CCC2(CC(=O)N(c3cccnc3)C2)C1. The van der Waals surface area contributed by atoms with Gasteiger partial charge in [0, 0.05) is 50.9 Å². The van der Waals surface area contributed by atoms with E-state index in [0.717, 1.165) is 12.1 Å². The summed E-state index contributed by atoms with van der Waals surface area (Å²) < 4.78 is 1.84. The molecule has 1 atom stereocenters. The van der Waals surface area contributed by atoms with Crippen LogP contribution in [0.2, 0.25) is 0 Å². The number of pyridine rings is 1. The fourth-order valence-electron chi connectivity index (χ4n) is 3.87. The summed E-state index contributed by atoms with van der Waals surface area (Å²) in [7, 11) is 1.88. The van der Waals surface area contributed by atoms with Gasteiger partial charge in [0.1, 0.15) is 5.69 Å². The Morgan fingerprint density at radius 3 is 2.83 bits per heavy atom. The Labute approximate surface area is 140 Å². The molecule has 2 aliphatic heterocycles. The van der Waals surface area contributed by atoms with Crippen molar-refractivity contribution >= 4 is 17.5 Å². The van der Waals surface area contributed by atoms with Crippen LogP contribution in [0.3, 0.4) is 0 Å². The first-order valence-electron chi connectivity index (χ1n) is 8.19. The summed E-state index contributed by atoms with van der Waals surface area (Å²) >= 11 is 0. The van der Waals surface area contributed by atoms with Crippen LogP contribution in [-0.4, -0.2) is 45.9 Å². The van der Waals surface area contributed by atoms with Crippen molar-refractivity contribution in [3.05, 3.63) is 48.5 Å². The topological polar surface area (TPSA) is 58.4 Å². The summed E-state index contributed by atoms with van der Waals surface area (Å²) in [6.45, 7) is 2.01. The van der Waals surface area contributed by atoms with E-state index in [4.69, 9.17) is 0 Å².